The number of fused-ring (bicyclic) bond motifs is 1. The van der Waals surface area contributed by atoms with Gasteiger partial charge in [-0.05, 0) is 67.1 Å². The van der Waals surface area contributed by atoms with Crippen molar-refractivity contribution in [1.29, 1.82) is 0 Å². The third-order valence-electron chi connectivity index (χ3n) is 6.87. The van der Waals surface area contributed by atoms with Crippen molar-refractivity contribution in [2.75, 3.05) is 19.5 Å². The van der Waals surface area contributed by atoms with Gasteiger partial charge in [-0.2, -0.15) is 0 Å². The summed E-state index contributed by atoms with van der Waals surface area (Å²) in [6.45, 7) is 1.34. The van der Waals surface area contributed by atoms with Gasteiger partial charge in [0.05, 0.1) is 26.3 Å². The monoisotopic (exact) mass is 616 g/mol. The number of ether oxygens (including phenoxy) is 3. The maximum Gasteiger partial charge on any atom is 0.404 e. The Bertz CT molecular complexity index is 2000. The van der Waals surface area contributed by atoms with Crippen LogP contribution in [0, 0.1) is 18.6 Å². The lowest BCUT2D eigenvalue weighted by atomic mass is 10.1. The number of aryl methyl sites for hydroxylation is 1. The van der Waals surface area contributed by atoms with E-state index in [-0.39, 0.29) is 34.9 Å². The first-order chi connectivity index (χ1) is 21.6. The van der Waals surface area contributed by atoms with Crippen molar-refractivity contribution in [3.05, 3.63) is 112 Å². The fraction of sp³-hybridized carbons (Fsp3) is 0.125. The molecule has 2 heterocycles. The quantitative estimate of drug-likeness (QED) is 0.189. The van der Waals surface area contributed by atoms with Crippen molar-refractivity contribution in [1.82, 2.24) is 14.9 Å². The Morgan fingerprint density at radius 1 is 0.911 bits per heavy atom. The number of carbonyl (C=O) groups excluding carboxylic acids is 1. The van der Waals surface area contributed by atoms with Crippen LogP contribution in [0.5, 0.6) is 23.0 Å². The van der Waals surface area contributed by atoms with Gasteiger partial charge < -0.3 is 30.0 Å². The summed E-state index contributed by atoms with van der Waals surface area (Å²) in [5.41, 5.74) is 0.352. The van der Waals surface area contributed by atoms with Crippen molar-refractivity contribution in [2.24, 2.45) is 0 Å². The zero-order valence-electron chi connectivity index (χ0n) is 24.2. The van der Waals surface area contributed by atoms with E-state index in [0.29, 0.717) is 33.7 Å². The van der Waals surface area contributed by atoms with E-state index in [4.69, 9.17) is 19.3 Å². The van der Waals surface area contributed by atoms with Gasteiger partial charge in [-0.15, -0.1) is 0 Å². The number of hydrogen-bond acceptors (Lipinski definition) is 7. The first-order valence-electron chi connectivity index (χ1n) is 13.4. The maximum absolute atomic E-state index is 15.2. The predicted octanol–water partition coefficient (Wildman–Crippen LogP) is 5.80. The molecule has 3 N–H and O–H groups in total. The smallest absolute Gasteiger partial charge is 0.404 e. The molecule has 230 valence electrons. The van der Waals surface area contributed by atoms with Crippen LogP contribution in [0.15, 0.2) is 77.7 Å². The van der Waals surface area contributed by atoms with Crippen LogP contribution in [-0.4, -0.2) is 40.9 Å². The molecular weight excluding hydrogens is 590 g/mol. The highest BCUT2D eigenvalue weighted by atomic mass is 19.1. The molecule has 0 unspecified atom stereocenters. The molecule has 0 fully saturated rings. The van der Waals surface area contributed by atoms with Crippen molar-refractivity contribution in [2.45, 2.75) is 13.5 Å². The first-order valence-corrected chi connectivity index (χ1v) is 13.4. The highest BCUT2D eigenvalue weighted by molar-refractivity contribution is 6.04. The second kappa shape index (κ2) is 12.7. The molecule has 11 nitrogen and oxygen atoms in total. The largest absolute Gasteiger partial charge is 0.493 e. The van der Waals surface area contributed by atoms with Gasteiger partial charge in [0.1, 0.15) is 17.1 Å². The fourth-order valence-corrected chi connectivity index (χ4v) is 4.70. The molecule has 5 rings (SSSR count). The lowest BCUT2D eigenvalue weighted by molar-refractivity contribution is 0.102. The molecule has 0 aliphatic heterocycles. The van der Waals surface area contributed by atoms with Gasteiger partial charge in [-0.25, -0.2) is 13.6 Å². The van der Waals surface area contributed by atoms with Crippen molar-refractivity contribution >= 4 is 28.6 Å². The number of anilines is 1. The normalized spacial score (nSPS) is 10.8. The van der Waals surface area contributed by atoms with E-state index in [1.807, 2.05) is 0 Å². The van der Waals surface area contributed by atoms with Gasteiger partial charge in [-0.1, -0.05) is 0 Å². The summed E-state index contributed by atoms with van der Waals surface area (Å²) < 4.78 is 46.5. The predicted molar refractivity (Wildman–Crippen MR) is 161 cm³/mol. The molecule has 0 saturated carbocycles. The maximum atomic E-state index is 15.2. The van der Waals surface area contributed by atoms with E-state index in [1.165, 1.54) is 50.7 Å². The van der Waals surface area contributed by atoms with Gasteiger partial charge in [-0.3, -0.25) is 19.1 Å². The molecule has 0 radical (unpaired) electrons. The molecule has 13 heteroatoms. The SMILES string of the molecule is COc1cc2nccc(Oc3ccc(NC(=O)c4cc(C)c(CNC(=O)O)n(-c5ccc(F)cc5)c4=O)cc3F)c2cc1OC. The third kappa shape index (κ3) is 6.37. The van der Waals surface area contributed by atoms with Crippen LogP contribution in [0.25, 0.3) is 16.6 Å². The van der Waals surface area contributed by atoms with Gasteiger partial charge >= 0.3 is 6.09 Å². The second-order valence-electron chi connectivity index (χ2n) is 9.70. The van der Waals surface area contributed by atoms with Crippen molar-refractivity contribution in [3.8, 4) is 28.7 Å². The van der Waals surface area contributed by atoms with Crippen molar-refractivity contribution < 1.29 is 37.7 Å². The number of nitrogens with zero attached hydrogens (tertiary/aromatic N) is 2. The minimum atomic E-state index is -1.32. The van der Waals surface area contributed by atoms with E-state index in [9.17, 15) is 18.8 Å². The first kappa shape index (κ1) is 30.5. The highest BCUT2D eigenvalue weighted by Crippen LogP contribution is 2.37. The number of methoxy groups -OCH3 is 2. The average molecular weight is 617 g/mol. The Hall–Kier alpha value is -5.98. The number of benzene rings is 3. The molecule has 2 amide bonds. The minimum Gasteiger partial charge on any atom is -0.493 e. The topological polar surface area (TPSA) is 141 Å². The molecule has 45 heavy (non-hydrogen) atoms. The minimum absolute atomic E-state index is 0.0397. The number of pyridine rings is 2. The number of hydrogen-bond donors (Lipinski definition) is 3. The molecule has 0 saturated heterocycles. The van der Waals surface area contributed by atoms with Gasteiger partial charge in [0.15, 0.2) is 23.1 Å². The van der Waals surface area contributed by atoms with Crippen LogP contribution < -0.4 is 30.4 Å². The zero-order chi connectivity index (χ0) is 32.2. The van der Waals surface area contributed by atoms with Crippen LogP contribution in [0.2, 0.25) is 0 Å². The lowest BCUT2D eigenvalue weighted by Crippen LogP contribution is -2.33. The van der Waals surface area contributed by atoms with Gasteiger partial charge in [0, 0.05) is 40.8 Å². The summed E-state index contributed by atoms with van der Waals surface area (Å²) in [5.74, 6) is -1.13. The number of carboxylic acid groups (broad SMARTS) is 1. The Morgan fingerprint density at radius 2 is 1.62 bits per heavy atom. The van der Waals surface area contributed by atoms with Crippen LogP contribution in [0.1, 0.15) is 21.6 Å². The summed E-state index contributed by atoms with van der Waals surface area (Å²) in [4.78, 5) is 42.2. The van der Waals surface area contributed by atoms with Crippen LogP contribution in [-0.2, 0) is 6.54 Å². The number of aromatic nitrogens is 2. The zero-order valence-corrected chi connectivity index (χ0v) is 24.2. The lowest BCUT2D eigenvalue weighted by Gasteiger charge is -2.18. The summed E-state index contributed by atoms with van der Waals surface area (Å²) in [6, 6.07) is 14.9. The van der Waals surface area contributed by atoms with Crippen LogP contribution in [0.4, 0.5) is 19.3 Å². The molecule has 0 aliphatic rings. The molecule has 0 bridgehead atoms. The van der Waals surface area contributed by atoms with Crippen LogP contribution >= 0.6 is 0 Å². The molecule has 5 aromatic rings. The summed E-state index contributed by atoms with van der Waals surface area (Å²) in [7, 11) is 2.98. The number of rotatable bonds is 9. The Morgan fingerprint density at radius 3 is 2.29 bits per heavy atom. The highest BCUT2D eigenvalue weighted by Gasteiger charge is 2.21. The standard InChI is InChI=1S/C32H26F2N4O7/c1-17-12-22(31(40)38(25(17)16-36-32(41)42)20-7-4-18(33)5-8-20)30(39)37-19-6-9-27(23(34)13-19)45-26-10-11-35-24-15-29(44-3)28(43-2)14-21(24)26/h4-15,36H,16H2,1-3H3,(H,37,39)(H,41,42). The van der Waals surface area contributed by atoms with Crippen molar-refractivity contribution in [3.63, 3.8) is 0 Å². The van der Waals surface area contributed by atoms with E-state index in [1.54, 1.807) is 25.1 Å². The van der Waals surface area contributed by atoms with E-state index in [2.05, 4.69) is 15.6 Å². The summed E-state index contributed by atoms with van der Waals surface area (Å²) in [6.07, 6.45) is 0.181. The number of halogens is 2. The number of carbonyl (C=O) groups is 2. The van der Waals surface area contributed by atoms with E-state index < -0.39 is 29.2 Å². The van der Waals surface area contributed by atoms with E-state index >= 15 is 4.39 Å². The molecule has 3 aromatic carbocycles. The number of nitrogens with one attached hydrogen (secondary N) is 2. The Kier molecular flexibility index (Phi) is 8.61. The molecule has 0 spiro atoms. The van der Waals surface area contributed by atoms with Crippen LogP contribution in [0.3, 0.4) is 0 Å². The Labute approximate surface area is 254 Å². The van der Waals surface area contributed by atoms with Gasteiger partial charge in [0.25, 0.3) is 11.5 Å². The summed E-state index contributed by atoms with van der Waals surface area (Å²) in [5, 5.41) is 14.3. The Balaban J connectivity index is 1.44. The second-order valence-corrected chi connectivity index (χ2v) is 9.70. The molecule has 0 atom stereocenters. The average Bonchev–Trinajstić information content (AvgIpc) is 3.02. The van der Waals surface area contributed by atoms with Gasteiger partial charge in [0.2, 0.25) is 0 Å². The summed E-state index contributed by atoms with van der Waals surface area (Å²) >= 11 is 0. The third-order valence-corrected chi connectivity index (χ3v) is 6.87. The number of amides is 2. The molecule has 0 aliphatic carbocycles. The molecule has 2 aromatic heterocycles. The fourth-order valence-electron chi connectivity index (χ4n) is 4.70. The molecular formula is C32H26F2N4O7. The van der Waals surface area contributed by atoms with E-state index in [0.717, 1.165) is 22.8 Å².